The third-order valence-corrected chi connectivity index (χ3v) is 3.63. The minimum absolute atomic E-state index is 0.0336. The van der Waals surface area contributed by atoms with Crippen LogP contribution in [-0.4, -0.2) is 24.5 Å². The van der Waals surface area contributed by atoms with Crippen LogP contribution in [-0.2, 0) is 4.79 Å². The fraction of sp³-hybridized carbons (Fsp3) is 0.562. The van der Waals surface area contributed by atoms with E-state index in [-0.39, 0.29) is 11.9 Å². The minimum atomic E-state index is -0.0336. The summed E-state index contributed by atoms with van der Waals surface area (Å²) in [6.07, 6.45) is 2.00. The lowest BCUT2D eigenvalue weighted by Crippen LogP contribution is -2.52. The molecule has 19 heavy (non-hydrogen) atoms. The quantitative estimate of drug-likeness (QED) is 0.906. The van der Waals surface area contributed by atoms with Gasteiger partial charge >= 0.3 is 0 Å². The van der Waals surface area contributed by atoms with Gasteiger partial charge in [0.2, 0.25) is 5.91 Å². The van der Waals surface area contributed by atoms with Crippen molar-refractivity contribution < 1.29 is 4.79 Å². The van der Waals surface area contributed by atoms with Gasteiger partial charge in [-0.25, -0.2) is 0 Å². The topological polar surface area (TPSA) is 32.3 Å². The Labute approximate surface area is 116 Å². The molecule has 0 saturated carbocycles. The average Bonchev–Trinajstić information content (AvgIpc) is 2.35. The SMILES string of the molecule is Cc1ccc(C)c(N2CCCC(NC(C)C)C2=O)c1. The van der Waals surface area contributed by atoms with Gasteiger partial charge in [-0.3, -0.25) is 4.79 Å². The lowest BCUT2D eigenvalue weighted by atomic mass is 10.0. The van der Waals surface area contributed by atoms with E-state index in [1.54, 1.807) is 0 Å². The third-order valence-electron chi connectivity index (χ3n) is 3.63. The predicted molar refractivity (Wildman–Crippen MR) is 79.6 cm³/mol. The second-order valence-corrected chi connectivity index (χ2v) is 5.80. The number of aryl methyl sites for hydroxylation is 2. The largest absolute Gasteiger partial charge is 0.311 e. The smallest absolute Gasteiger partial charge is 0.244 e. The molecule has 1 fully saturated rings. The van der Waals surface area contributed by atoms with E-state index in [0.717, 1.165) is 25.1 Å². The molecule has 1 aliphatic rings. The van der Waals surface area contributed by atoms with Gasteiger partial charge in [-0.2, -0.15) is 0 Å². The molecule has 1 amide bonds. The van der Waals surface area contributed by atoms with Gasteiger partial charge in [-0.15, -0.1) is 0 Å². The Morgan fingerprint density at radius 3 is 2.74 bits per heavy atom. The fourth-order valence-corrected chi connectivity index (χ4v) is 2.68. The van der Waals surface area contributed by atoms with Gasteiger partial charge in [-0.05, 0) is 43.9 Å². The van der Waals surface area contributed by atoms with Crippen LogP contribution in [0.15, 0.2) is 18.2 Å². The number of carbonyl (C=O) groups excluding carboxylic acids is 1. The van der Waals surface area contributed by atoms with Crippen molar-refractivity contribution in [3.63, 3.8) is 0 Å². The van der Waals surface area contributed by atoms with Crippen molar-refractivity contribution in [1.82, 2.24) is 5.32 Å². The van der Waals surface area contributed by atoms with E-state index in [2.05, 4.69) is 51.2 Å². The zero-order chi connectivity index (χ0) is 14.0. The molecule has 104 valence electrons. The van der Waals surface area contributed by atoms with Crippen LogP contribution in [0.25, 0.3) is 0 Å². The number of hydrogen-bond donors (Lipinski definition) is 1. The molecule has 1 N–H and O–H groups in total. The molecule has 3 nitrogen and oxygen atoms in total. The van der Waals surface area contributed by atoms with Crippen LogP contribution >= 0.6 is 0 Å². The summed E-state index contributed by atoms with van der Waals surface area (Å²) in [5.41, 5.74) is 3.44. The molecule has 0 aromatic heterocycles. The summed E-state index contributed by atoms with van der Waals surface area (Å²) in [6, 6.07) is 6.61. The van der Waals surface area contributed by atoms with Crippen molar-refractivity contribution in [2.45, 2.75) is 52.6 Å². The second kappa shape index (κ2) is 5.74. The molecule has 1 aromatic rings. The van der Waals surface area contributed by atoms with E-state index in [1.807, 2.05) is 4.90 Å². The number of nitrogens with zero attached hydrogens (tertiary/aromatic N) is 1. The summed E-state index contributed by atoms with van der Waals surface area (Å²) >= 11 is 0. The summed E-state index contributed by atoms with van der Waals surface area (Å²) in [5.74, 6) is 0.216. The number of rotatable bonds is 3. The maximum absolute atomic E-state index is 12.6. The maximum atomic E-state index is 12.6. The van der Waals surface area contributed by atoms with Gasteiger partial charge < -0.3 is 10.2 Å². The Balaban J connectivity index is 2.24. The van der Waals surface area contributed by atoms with E-state index in [0.29, 0.717) is 6.04 Å². The number of amides is 1. The van der Waals surface area contributed by atoms with Crippen LogP contribution in [0.4, 0.5) is 5.69 Å². The van der Waals surface area contributed by atoms with Gasteiger partial charge in [0.15, 0.2) is 0 Å². The van der Waals surface area contributed by atoms with Crippen molar-refractivity contribution in [3.05, 3.63) is 29.3 Å². The Hall–Kier alpha value is -1.35. The number of nitrogens with one attached hydrogen (secondary N) is 1. The molecule has 0 bridgehead atoms. The first-order valence-electron chi connectivity index (χ1n) is 7.13. The fourth-order valence-electron chi connectivity index (χ4n) is 2.68. The van der Waals surface area contributed by atoms with Gasteiger partial charge in [0.25, 0.3) is 0 Å². The maximum Gasteiger partial charge on any atom is 0.244 e. The molecular formula is C16H24N2O. The zero-order valence-electron chi connectivity index (χ0n) is 12.4. The Kier molecular flexibility index (Phi) is 4.25. The van der Waals surface area contributed by atoms with E-state index in [4.69, 9.17) is 0 Å². The Bertz CT molecular complexity index is 468. The molecule has 1 aromatic carbocycles. The first-order valence-corrected chi connectivity index (χ1v) is 7.13. The molecule has 1 saturated heterocycles. The highest BCUT2D eigenvalue weighted by Crippen LogP contribution is 2.26. The van der Waals surface area contributed by atoms with E-state index >= 15 is 0 Å². The van der Waals surface area contributed by atoms with Crippen molar-refractivity contribution >= 4 is 11.6 Å². The standard InChI is InChI=1S/C16H24N2O/c1-11(2)17-14-6-5-9-18(16(14)19)15-10-12(3)7-8-13(15)4/h7-8,10-11,14,17H,5-6,9H2,1-4H3. The second-order valence-electron chi connectivity index (χ2n) is 5.80. The molecule has 3 heteroatoms. The number of anilines is 1. The summed E-state index contributed by atoms with van der Waals surface area (Å²) in [7, 11) is 0. The van der Waals surface area contributed by atoms with Gasteiger partial charge in [0, 0.05) is 18.3 Å². The van der Waals surface area contributed by atoms with E-state index < -0.39 is 0 Å². The number of benzene rings is 1. The molecule has 1 atom stereocenters. The van der Waals surface area contributed by atoms with Crippen molar-refractivity contribution in [1.29, 1.82) is 0 Å². The zero-order valence-corrected chi connectivity index (χ0v) is 12.4. The van der Waals surface area contributed by atoms with Crippen LogP contribution in [0, 0.1) is 13.8 Å². The van der Waals surface area contributed by atoms with Crippen LogP contribution in [0.1, 0.15) is 37.8 Å². The summed E-state index contributed by atoms with van der Waals surface area (Å²) in [6.45, 7) is 9.15. The molecule has 1 aliphatic heterocycles. The van der Waals surface area contributed by atoms with E-state index in [1.165, 1.54) is 11.1 Å². The summed E-state index contributed by atoms with van der Waals surface area (Å²) in [5, 5.41) is 3.37. The monoisotopic (exact) mass is 260 g/mol. The Morgan fingerprint density at radius 2 is 2.05 bits per heavy atom. The van der Waals surface area contributed by atoms with Crippen LogP contribution < -0.4 is 10.2 Å². The minimum Gasteiger partial charge on any atom is -0.311 e. The third kappa shape index (κ3) is 3.16. The van der Waals surface area contributed by atoms with Crippen molar-refractivity contribution in [2.24, 2.45) is 0 Å². The van der Waals surface area contributed by atoms with Gasteiger partial charge in [-0.1, -0.05) is 26.0 Å². The van der Waals surface area contributed by atoms with E-state index in [9.17, 15) is 4.79 Å². The predicted octanol–water partition coefficient (Wildman–Crippen LogP) is 2.80. The Morgan fingerprint density at radius 1 is 1.32 bits per heavy atom. The van der Waals surface area contributed by atoms with Crippen LogP contribution in [0.5, 0.6) is 0 Å². The molecule has 0 aliphatic carbocycles. The first-order chi connectivity index (χ1) is 8.99. The summed E-state index contributed by atoms with van der Waals surface area (Å²) in [4.78, 5) is 14.5. The lowest BCUT2D eigenvalue weighted by molar-refractivity contribution is -0.121. The highest BCUT2D eigenvalue weighted by atomic mass is 16.2. The van der Waals surface area contributed by atoms with Gasteiger partial charge in [0.05, 0.1) is 6.04 Å². The average molecular weight is 260 g/mol. The van der Waals surface area contributed by atoms with Crippen LogP contribution in [0.2, 0.25) is 0 Å². The van der Waals surface area contributed by atoms with Crippen molar-refractivity contribution in [2.75, 3.05) is 11.4 Å². The normalized spacial score (nSPS) is 20.2. The molecule has 1 unspecified atom stereocenters. The highest BCUT2D eigenvalue weighted by molar-refractivity contribution is 5.98. The molecule has 2 rings (SSSR count). The number of hydrogen-bond acceptors (Lipinski definition) is 2. The molecular weight excluding hydrogens is 236 g/mol. The highest BCUT2D eigenvalue weighted by Gasteiger charge is 2.30. The van der Waals surface area contributed by atoms with Gasteiger partial charge in [0.1, 0.15) is 0 Å². The first kappa shape index (κ1) is 14.1. The summed E-state index contributed by atoms with van der Waals surface area (Å²) < 4.78 is 0. The molecule has 0 radical (unpaired) electrons. The number of carbonyl (C=O) groups is 1. The van der Waals surface area contributed by atoms with Crippen LogP contribution in [0.3, 0.4) is 0 Å². The lowest BCUT2D eigenvalue weighted by Gasteiger charge is -2.34. The molecule has 0 spiro atoms. The number of piperidine rings is 1. The van der Waals surface area contributed by atoms with Crippen molar-refractivity contribution in [3.8, 4) is 0 Å². The molecule has 1 heterocycles.